The normalized spacial score (nSPS) is 11.3. The lowest BCUT2D eigenvalue weighted by Gasteiger charge is -2.20. The van der Waals surface area contributed by atoms with Crippen molar-refractivity contribution in [3.63, 3.8) is 0 Å². The van der Waals surface area contributed by atoms with Crippen molar-refractivity contribution >= 4 is 17.1 Å². The van der Waals surface area contributed by atoms with Gasteiger partial charge in [-0.15, -0.1) is 0 Å². The number of hydrogen-bond donors (Lipinski definition) is 2. The zero-order valence-corrected chi connectivity index (χ0v) is 16.5. The van der Waals surface area contributed by atoms with E-state index >= 15 is 0 Å². The lowest BCUT2D eigenvalue weighted by molar-refractivity contribution is 0.0526. The topological polar surface area (TPSA) is 113 Å². The predicted molar refractivity (Wildman–Crippen MR) is 105 cm³/mol. The lowest BCUT2D eigenvalue weighted by atomic mass is 10.1. The molecule has 0 aliphatic rings. The standard InChI is InChI=1S/C20H19F2N5O3/c1-20(2,3)30-19(29)24-7-8-27-16(14-12(21)5-4-6-13(14)22)11(9-23)15-17(27)18(28)26-10-25-15/h4-6,10H,7-8H2,1-3H3,(H,24,29)(H,25,26,28). The minimum atomic E-state index is -0.896. The quantitative estimate of drug-likeness (QED) is 0.680. The Kier molecular flexibility index (Phi) is 5.56. The van der Waals surface area contributed by atoms with Crippen LogP contribution in [0.15, 0.2) is 29.3 Å². The number of carbonyl (C=O) groups excluding carboxylic acids is 1. The molecule has 0 aliphatic carbocycles. The van der Waals surface area contributed by atoms with Gasteiger partial charge in [-0.1, -0.05) is 6.07 Å². The number of nitriles is 1. The van der Waals surface area contributed by atoms with Crippen molar-refractivity contribution in [2.24, 2.45) is 0 Å². The van der Waals surface area contributed by atoms with Crippen LogP contribution in [-0.2, 0) is 11.3 Å². The van der Waals surface area contributed by atoms with Gasteiger partial charge in [-0.2, -0.15) is 5.26 Å². The van der Waals surface area contributed by atoms with E-state index in [9.17, 15) is 23.6 Å². The van der Waals surface area contributed by atoms with E-state index in [4.69, 9.17) is 4.74 Å². The average Bonchev–Trinajstić information content (AvgIpc) is 2.95. The lowest BCUT2D eigenvalue weighted by Crippen LogP contribution is -2.34. The molecular weight excluding hydrogens is 396 g/mol. The molecule has 0 saturated carbocycles. The molecule has 10 heteroatoms. The van der Waals surface area contributed by atoms with Crippen LogP contribution in [0, 0.1) is 23.0 Å². The largest absolute Gasteiger partial charge is 0.444 e. The van der Waals surface area contributed by atoms with E-state index in [1.165, 1.54) is 10.6 Å². The SMILES string of the molecule is CC(C)(C)OC(=O)NCCn1c(-c2c(F)cccc2F)c(C#N)c2nc[nH]c(=O)c21. The molecule has 0 atom stereocenters. The molecule has 0 saturated heterocycles. The predicted octanol–water partition coefficient (Wildman–Crippen LogP) is 3.07. The first-order chi connectivity index (χ1) is 14.1. The third-order valence-electron chi connectivity index (χ3n) is 4.16. The van der Waals surface area contributed by atoms with Crippen molar-refractivity contribution in [1.82, 2.24) is 19.9 Å². The highest BCUT2D eigenvalue weighted by atomic mass is 19.1. The number of benzene rings is 1. The molecule has 0 bridgehead atoms. The fourth-order valence-electron chi connectivity index (χ4n) is 3.08. The van der Waals surface area contributed by atoms with Gasteiger partial charge in [0.2, 0.25) is 0 Å². The summed E-state index contributed by atoms with van der Waals surface area (Å²) in [5.41, 5.74) is -2.04. The maximum absolute atomic E-state index is 14.5. The van der Waals surface area contributed by atoms with E-state index < -0.39 is 34.5 Å². The molecule has 1 aromatic carbocycles. The number of amides is 1. The molecule has 8 nitrogen and oxygen atoms in total. The van der Waals surface area contributed by atoms with Crippen LogP contribution in [0.2, 0.25) is 0 Å². The van der Waals surface area contributed by atoms with E-state index in [1.54, 1.807) is 20.8 Å². The van der Waals surface area contributed by atoms with Crippen LogP contribution in [0.1, 0.15) is 26.3 Å². The highest BCUT2D eigenvalue weighted by Crippen LogP contribution is 2.34. The second kappa shape index (κ2) is 7.94. The number of hydrogen-bond acceptors (Lipinski definition) is 5. The van der Waals surface area contributed by atoms with Crippen molar-refractivity contribution in [2.45, 2.75) is 32.9 Å². The molecule has 1 amide bonds. The smallest absolute Gasteiger partial charge is 0.407 e. The van der Waals surface area contributed by atoms with Crippen molar-refractivity contribution < 1.29 is 18.3 Å². The number of nitrogens with zero attached hydrogens (tertiary/aromatic N) is 3. The Morgan fingerprint density at radius 3 is 2.60 bits per heavy atom. The molecule has 0 fully saturated rings. The molecule has 2 N–H and O–H groups in total. The van der Waals surface area contributed by atoms with Gasteiger partial charge in [0.05, 0.1) is 17.6 Å². The summed E-state index contributed by atoms with van der Waals surface area (Å²) in [6, 6.07) is 5.19. The molecule has 2 aromatic heterocycles. The summed E-state index contributed by atoms with van der Waals surface area (Å²) in [7, 11) is 0. The molecule has 0 spiro atoms. The van der Waals surface area contributed by atoms with E-state index in [2.05, 4.69) is 15.3 Å². The molecule has 0 unspecified atom stereocenters. The number of rotatable bonds is 4. The summed E-state index contributed by atoms with van der Waals surface area (Å²) in [6.07, 6.45) is 0.418. The fraction of sp³-hybridized carbons (Fsp3) is 0.300. The third kappa shape index (κ3) is 4.00. The van der Waals surface area contributed by atoms with Crippen LogP contribution in [0.4, 0.5) is 13.6 Å². The molecule has 3 aromatic rings. The Labute approximate surface area is 170 Å². The van der Waals surface area contributed by atoms with Crippen molar-refractivity contribution in [3.8, 4) is 17.3 Å². The van der Waals surface area contributed by atoms with Gasteiger partial charge in [0, 0.05) is 13.1 Å². The molecule has 3 rings (SSSR count). The summed E-state index contributed by atoms with van der Waals surface area (Å²) < 4.78 is 35.5. The maximum Gasteiger partial charge on any atom is 0.407 e. The summed E-state index contributed by atoms with van der Waals surface area (Å²) in [5.74, 6) is -1.79. The van der Waals surface area contributed by atoms with Crippen molar-refractivity contribution in [3.05, 3.63) is 52.1 Å². The number of halogens is 2. The van der Waals surface area contributed by atoms with Crippen LogP contribution < -0.4 is 10.9 Å². The van der Waals surface area contributed by atoms with Gasteiger partial charge in [-0.25, -0.2) is 18.6 Å². The molecule has 0 radical (unpaired) electrons. The zero-order valence-electron chi connectivity index (χ0n) is 16.5. The summed E-state index contributed by atoms with van der Waals surface area (Å²) in [4.78, 5) is 30.8. The van der Waals surface area contributed by atoms with Crippen LogP contribution in [0.25, 0.3) is 22.3 Å². The minimum absolute atomic E-state index is 0.0103. The summed E-state index contributed by atoms with van der Waals surface area (Å²) in [5, 5.41) is 12.2. The van der Waals surface area contributed by atoms with Crippen LogP contribution in [0.5, 0.6) is 0 Å². The van der Waals surface area contributed by atoms with Gasteiger partial charge < -0.3 is 19.6 Å². The number of H-pyrrole nitrogens is 1. The van der Waals surface area contributed by atoms with Gasteiger partial charge in [0.1, 0.15) is 39.9 Å². The molecule has 0 aliphatic heterocycles. The first kappa shape index (κ1) is 21.0. The average molecular weight is 415 g/mol. The molecular formula is C20H19F2N5O3. The minimum Gasteiger partial charge on any atom is -0.444 e. The zero-order chi connectivity index (χ0) is 22.1. The summed E-state index contributed by atoms with van der Waals surface area (Å²) in [6.45, 7) is 5.02. The first-order valence-corrected chi connectivity index (χ1v) is 9.05. The van der Waals surface area contributed by atoms with Gasteiger partial charge in [0.25, 0.3) is 5.56 Å². The number of ether oxygens (including phenoxy) is 1. The number of carbonyl (C=O) groups is 1. The Morgan fingerprint density at radius 2 is 2.00 bits per heavy atom. The van der Waals surface area contributed by atoms with E-state index in [-0.39, 0.29) is 35.4 Å². The number of aromatic nitrogens is 3. The molecule has 30 heavy (non-hydrogen) atoms. The monoisotopic (exact) mass is 415 g/mol. The van der Waals surface area contributed by atoms with E-state index in [0.29, 0.717) is 0 Å². The number of fused-ring (bicyclic) bond motifs is 1. The maximum atomic E-state index is 14.5. The molecule has 156 valence electrons. The Balaban J connectivity index is 2.12. The van der Waals surface area contributed by atoms with Gasteiger partial charge in [-0.3, -0.25) is 4.79 Å². The van der Waals surface area contributed by atoms with Crippen molar-refractivity contribution in [2.75, 3.05) is 6.54 Å². The van der Waals surface area contributed by atoms with Crippen LogP contribution in [0.3, 0.4) is 0 Å². The highest BCUT2D eigenvalue weighted by Gasteiger charge is 2.26. The van der Waals surface area contributed by atoms with Gasteiger partial charge >= 0.3 is 6.09 Å². The number of nitrogens with one attached hydrogen (secondary N) is 2. The summed E-state index contributed by atoms with van der Waals surface area (Å²) >= 11 is 0. The Hall–Kier alpha value is -3.74. The number of alkyl carbamates (subject to hydrolysis) is 1. The second-order valence-electron chi connectivity index (χ2n) is 7.44. The van der Waals surface area contributed by atoms with E-state index in [0.717, 1.165) is 18.5 Å². The third-order valence-corrected chi connectivity index (χ3v) is 4.16. The van der Waals surface area contributed by atoms with Gasteiger partial charge in [-0.05, 0) is 32.9 Å². The molecule has 2 heterocycles. The van der Waals surface area contributed by atoms with E-state index in [1.807, 2.05) is 6.07 Å². The highest BCUT2D eigenvalue weighted by molar-refractivity contribution is 5.91. The van der Waals surface area contributed by atoms with Crippen molar-refractivity contribution in [1.29, 1.82) is 5.26 Å². The second-order valence-corrected chi connectivity index (χ2v) is 7.44. The Bertz CT molecular complexity index is 1200. The first-order valence-electron chi connectivity index (χ1n) is 9.05. The number of aromatic amines is 1. The fourth-order valence-corrected chi connectivity index (χ4v) is 3.08. The Morgan fingerprint density at radius 1 is 1.33 bits per heavy atom. The van der Waals surface area contributed by atoms with Gasteiger partial charge in [0.15, 0.2) is 0 Å². The van der Waals surface area contributed by atoms with Crippen LogP contribution >= 0.6 is 0 Å². The van der Waals surface area contributed by atoms with Crippen LogP contribution in [-0.4, -0.2) is 32.8 Å².